The summed E-state index contributed by atoms with van der Waals surface area (Å²) < 4.78 is 0. The molecule has 2 rings (SSSR count). The number of halogens is 1. The zero-order valence-corrected chi connectivity index (χ0v) is 18.6. The summed E-state index contributed by atoms with van der Waals surface area (Å²) in [5, 5.41) is 6.86. The molecular formula is C19H37IN4O. The molecule has 1 saturated carbocycles. The zero-order valence-electron chi connectivity index (χ0n) is 16.2. The van der Waals surface area contributed by atoms with Gasteiger partial charge in [-0.25, -0.2) is 0 Å². The van der Waals surface area contributed by atoms with Gasteiger partial charge in [-0.2, -0.15) is 0 Å². The van der Waals surface area contributed by atoms with Crippen LogP contribution < -0.4 is 10.6 Å². The van der Waals surface area contributed by atoms with Gasteiger partial charge in [0.25, 0.3) is 0 Å². The van der Waals surface area contributed by atoms with E-state index in [-0.39, 0.29) is 24.0 Å². The highest BCUT2D eigenvalue weighted by Crippen LogP contribution is 2.27. The van der Waals surface area contributed by atoms with Crippen LogP contribution in [0.1, 0.15) is 65.7 Å². The van der Waals surface area contributed by atoms with Crippen LogP contribution in [-0.4, -0.2) is 49.0 Å². The van der Waals surface area contributed by atoms with E-state index < -0.39 is 0 Å². The monoisotopic (exact) mass is 464 g/mol. The van der Waals surface area contributed by atoms with Gasteiger partial charge < -0.3 is 15.5 Å². The van der Waals surface area contributed by atoms with Gasteiger partial charge in [-0.05, 0) is 44.9 Å². The first-order valence-corrected chi connectivity index (χ1v) is 9.93. The summed E-state index contributed by atoms with van der Waals surface area (Å²) in [6.07, 6.45) is 8.00. The lowest BCUT2D eigenvalue weighted by Gasteiger charge is -2.21. The molecule has 0 aromatic carbocycles. The van der Waals surface area contributed by atoms with Gasteiger partial charge in [0, 0.05) is 38.1 Å². The maximum absolute atomic E-state index is 12.5. The van der Waals surface area contributed by atoms with E-state index in [9.17, 15) is 4.79 Å². The van der Waals surface area contributed by atoms with Crippen molar-refractivity contribution in [2.75, 3.05) is 26.2 Å². The van der Waals surface area contributed by atoms with Crippen molar-refractivity contribution in [3.63, 3.8) is 0 Å². The number of hydrogen-bond donors (Lipinski definition) is 2. The molecule has 0 radical (unpaired) electrons. The SMILES string of the molecule is CCNC(=NCCCC(C)C)NC1CCN(C(=O)C2CCCC2)C1.I. The third kappa shape index (κ3) is 7.71. The Bertz CT molecular complexity index is 422. The predicted molar refractivity (Wildman–Crippen MR) is 116 cm³/mol. The van der Waals surface area contributed by atoms with E-state index in [2.05, 4.69) is 41.3 Å². The van der Waals surface area contributed by atoms with E-state index in [4.69, 9.17) is 0 Å². The molecule has 25 heavy (non-hydrogen) atoms. The van der Waals surface area contributed by atoms with Gasteiger partial charge >= 0.3 is 0 Å². The number of nitrogens with one attached hydrogen (secondary N) is 2. The smallest absolute Gasteiger partial charge is 0.225 e. The van der Waals surface area contributed by atoms with Crippen LogP contribution in [0.3, 0.4) is 0 Å². The third-order valence-electron chi connectivity index (χ3n) is 5.10. The molecule has 146 valence electrons. The molecule has 2 fully saturated rings. The minimum atomic E-state index is 0. The molecule has 1 heterocycles. The maximum Gasteiger partial charge on any atom is 0.225 e. The number of rotatable bonds is 7. The van der Waals surface area contributed by atoms with Crippen LogP contribution in [0.2, 0.25) is 0 Å². The fourth-order valence-corrected chi connectivity index (χ4v) is 3.71. The van der Waals surface area contributed by atoms with Gasteiger partial charge in [-0.3, -0.25) is 9.79 Å². The summed E-state index contributed by atoms with van der Waals surface area (Å²) in [5.74, 6) is 2.32. The van der Waals surface area contributed by atoms with E-state index in [1.54, 1.807) is 0 Å². The Hall–Kier alpha value is -0.530. The van der Waals surface area contributed by atoms with Crippen molar-refractivity contribution >= 4 is 35.8 Å². The molecule has 1 amide bonds. The van der Waals surface area contributed by atoms with E-state index in [1.807, 2.05) is 0 Å². The second-order valence-corrected chi connectivity index (χ2v) is 7.69. The second-order valence-electron chi connectivity index (χ2n) is 7.69. The Kier molecular flexibility index (Phi) is 10.8. The lowest BCUT2D eigenvalue weighted by Crippen LogP contribution is -2.45. The van der Waals surface area contributed by atoms with Crippen molar-refractivity contribution in [2.24, 2.45) is 16.8 Å². The van der Waals surface area contributed by atoms with Crippen molar-refractivity contribution in [3.05, 3.63) is 0 Å². The van der Waals surface area contributed by atoms with Crippen LogP contribution >= 0.6 is 24.0 Å². The van der Waals surface area contributed by atoms with Crippen LogP contribution in [-0.2, 0) is 4.79 Å². The van der Waals surface area contributed by atoms with Crippen molar-refractivity contribution in [2.45, 2.75) is 71.8 Å². The molecule has 1 saturated heterocycles. The zero-order chi connectivity index (χ0) is 17.4. The van der Waals surface area contributed by atoms with Gasteiger partial charge in [0.1, 0.15) is 0 Å². The Morgan fingerprint density at radius 1 is 1.24 bits per heavy atom. The molecule has 2 aliphatic rings. The van der Waals surface area contributed by atoms with Crippen LogP contribution in [0.25, 0.3) is 0 Å². The van der Waals surface area contributed by atoms with Crippen LogP contribution in [0, 0.1) is 11.8 Å². The minimum Gasteiger partial charge on any atom is -0.357 e. The van der Waals surface area contributed by atoms with E-state index in [1.165, 1.54) is 19.3 Å². The fourth-order valence-electron chi connectivity index (χ4n) is 3.71. The van der Waals surface area contributed by atoms with Gasteiger partial charge in [0.15, 0.2) is 5.96 Å². The van der Waals surface area contributed by atoms with Gasteiger partial charge in [-0.15, -0.1) is 24.0 Å². The Labute approximate surface area is 170 Å². The molecule has 0 spiro atoms. The quantitative estimate of drug-likeness (QED) is 0.263. The molecule has 0 bridgehead atoms. The Morgan fingerprint density at radius 3 is 2.60 bits per heavy atom. The normalized spacial score (nSPS) is 21.5. The molecule has 6 heteroatoms. The first-order valence-electron chi connectivity index (χ1n) is 9.93. The summed E-state index contributed by atoms with van der Waals surface area (Å²) in [6, 6.07) is 0.332. The molecule has 1 atom stereocenters. The molecule has 1 aliphatic heterocycles. The number of guanidine groups is 1. The molecule has 0 aromatic heterocycles. The molecule has 0 aromatic rings. The highest BCUT2D eigenvalue weighted by molar-refractivity contribution is 14.0. The molecular weight excluding hydrogens is 427 g/mol. The molecule has 2 N–H and O–H groups in total. The maximum atomic E-state index is 12.5. The fraction of sp³-hybridized carbons (Fsp3) is 0.895. The lowest BCUT2D eigenvalue weighted by atomic mass is 10.1. The van der Waals surface area contributed by atoms with Crippen LogP contribution in [0.5, 0.6) is 0 Å². The number of aliphatic imine (C=N–C) groups is 1. The van der Waals surface area contributed by atoms with Crippen molar-refractivity contribution in [1.29, 1.82) is 0 Å². The topological polar surface area (TPSA) is 56.7 Å². The molecule has 5 nitrogen and oxygen atoms in total. The number of carbonyl (C=O) groups excluding carboxylic acids is 1. The predicted octanol–water partition coefficient (Wildman–Crippen LogP) is 3.39. The number of carbonyl (C=O) groups is 1. The van der Waals surface area contributed by atoms with Crippen LogP contribution in [0.4, 0.5) is 0 Å². The van der Waals surface area contributed by atoms with Gasteiger partial charge in [0.05, 0.1) is 0 Å². The molecule has 1 aliphatic carbocycles. The average Bonchev–Trinajstić information content (AvgIpc) is 3.22. The van der Waals surface area contributed by atoms with Gasteiger partial charge in [-0.1, -0.05) is 26.7 Å². The largest absolute Gasteiger partial charge is 0.357 e. The highest BCUT2D eigenvalue weighted by atomic mass is 127. The first-order chi connectivity index (χ1) is 11.6. The lowest BCUT2D eigenvalue weighted by molar-refractivity contribution is -0.134. The summed E-state index contributed by atoms with van der Waals surface area (Å²) in [4.78, 5) is 19.3. The van der Waals surface area contributed by atoms with Crippen molar-refractivity contribution in [3.8, 4) is 0 Å². The summed E-state index contributed by atoms with van der Waals surface area (Å²) in [5.41, 5.74) is 0. The Balaban J connectivity index is 0.00000312. The average molecular weight is 464 g/mol. The summed E-state index contributed by atoms with van der Waals surface area (Å²) in [7, 11) is 0. The third-order valence-corrected chi connectivity index (χ3v) is 5.10. The standard InChI is InChI=1S/C19H36N4O.HI/c1-4-20-19(21-12-7-8-15(2)3)22-17-11-13-23(14-17)18(24)16-9-5-6-10-16;/h15-17H,4-14H2,1-3H3,(H2,20,21,22);1H. The number of nitrogens with zero attached hydrogens (tertiary/aromatic N) is 2. The summed E-state index contributed by atoms with van der Waals surface area (Å²) in [6.45, 7) is 10.0. The van der Waals surface area contributed by atoms with E-state index >= 15 is 0 Å². The van der Waals surface area contributed by atoms with Crippen molar-refractivity contribution in [1.82, 2.24) is 15.5 Å². The first kappa shape index (κ1) is 22.5. The second kappa shape index (κ2) is 12.0. The minimum absolute atomic E-state index is 0. The molecule has 1 unspecified atom stereocenters. The van der Waals surface area contributed by atoms with Crippen molar-refractivity contribution < 1.29 is 4.79 Å². The highest BCUT2D eigenvalue weighted by Gasteiger charge is 2.32. The number of likely N-dealkylation sites (tertiary alicyclic amines) is 1. The summed E-state index contributed by atoms with van der Waals surface area (Å²) >= 11 is 0. The van der Waals surface area contributed by atoms with E-state index in [0.29, 0.717) is 17.9 Å². The number of hydrogen-bond acceptors (Lipinski definition) is 2. The Morgan fingerprint density at radius 2 is 1.96 bits per heavy atom. The van der Waals surface area contributed by atoms with Gasteiger partial charge in [0.2, 0.25) is 5.91 Å². The van der Waals surface area contributed by atoms with Crippen LogP contribution in [0.15, 0.2) is 4.99 Å². The number of amides is 1. The van der Waals surface area contributed by atoms with E-state index in [0.717, 1.165) is 63.7 Å².